The molecule has 0 unspecified atom stereocenters. The van der Waals surface area contributed by atoms with Crippen LogP contribution in [0.2, 0.25) is 0 Å². The van der Waals surface area contributed by atoms with Crippen molar-refractivity contribution in [2.24, 2.45) is 0 Å². The second-order valence-corrected chi connectivity index (χ2v) is 7.28. The van der Waals surface area contributed by atoms with E-state index in [0.29, 0.717) is 24.4 Å². The molecule has 23 heavy (non-hydrogen) atoms. The summed E-state index contributed by atoms with van der Waals surface area (Å²) in [6.45, 7) is 2.97. The molecule has 0 saturated heterocycles. The van der Waals surface area contributed by atoms with Gasteiger partial charge < -0.3 is 15.4 Å². The number of hydrogen-bond acceptors (Lipinski definition) is 5. The zero-order valence-electron chi connectivity index (χ0n) is 13.4. The zero-order chi connectivity index (χ0) is 16.9. The molecule has 0 aliphatic heterocycles. The largest absolute Gasteiger partial charge is 0.383 e. The van der Waals surface area contributed by atoms with E-state index in [1.54, 1.807) is 26.2 Å². The van der Waals surface area contributed by atoms with E-state index in [9.17, 15) is 13.2 Å². The first-order valence-electron chi connectivity index (χ1n) is 7.55. The van der Waals surface area contributed by atoms with Crippen LogP contribution in [0.5, 0.6) is 0 Å². The molecule has 1 fully saturated rings. The molecule has 1 amide bonds. The summed E-state index contributed by atoms with van der Waals surface area (Å²) in [6, 6.07) is 4.92. The lowest BCUT2D eigenvalue weighted by atomic mass is 10.2. The minimum atomic E-state index is -3.54. The topological polar surface area (TPSA) is 96.5 Å². The fourth-order valence-corrected chi connectivity index (χ4v) is 3.61. The van der Waals surface area contributed by atoms with E-state index in [4.69, 9.17) is 4.74 Å². The second kappa shape index (κ2) is 7.87. The summed E-state index contributed by atoms with van der Waals surface area (Å²) in [5.41, 5.74) is 1.11. The van der Waals surface area contributed by atoms with Crippen molar-refractivity contribution in [3.63, 3.8) is 0 Å². The Morgan fingerprint density at radius 3 is 2.74 bits per heavy atom. The summed E-state index contributed by atoms with van der Waals surface area (Å²) in [4.78, 5) is 12.0. The summed E-state index contributed by atoms with van der Waals surface area (Å²) in [5, 5.41) is 5.62. The van der Waals surface area contributed by atoms with Crippen LogP contribution in [0.3, 0.4) is 0 Å². The number of ether oxygens (including phenoxy) is 1. The summed E-state index contributed by atoms with van der Waals surface area (Å²) in [6.07, 6.45) is 1.75. The Kier molecular flexibility index (Phi) is 6.11. The Hall–Kier alpha value is -1.48. The molecule has 7 nitrogen and oxygen atoms in total. The van der Waals surface area contributed by atoms with Gasteiger partial charge in [0.25, 0.3) is 0 Å². The predicted octanol–water partition coefficient (Wildman–Crippen LogP) is 0.610. The Morgan fingerprint density at radius 1 is 1.35 bits per heavy atom. The highest BCUT2D eigenvalue weighted by Crippen LogP contribution is 2.25. The molecular formula is C15H23N3O4S. The van der Waals surface area contributed by atoms with E-state index in [2.05, 4.69) is 15.4 Å². The molecule has 3 N–H and O–H groups in total. The molecule has 1 aliphatic carbocycles. The van der Waals surface area contributed by atoms with Gasteiger partial charge in [-0.3, -0.25) is 4.79 Å². The third kappa shape index (κ3) is 5.58. The SMILES string of the molecule is COCCNCC(=O)Nc1ccc(C)c(S(=O)(=O)NC2CC2)c1. The quantitative estimate of drug-likeness (QED) is 0.572. The number of nitrogens with one attached hydrogen (secondary N) is 3. The average molecular weight is 341 g/mol. The number of anilines is 1. The molecule has 0 spiro atoms. The molecule has 1 saturated carbocycles. The van der Waals surface area contributed by atoms with Crippen LogP contribution in [-0.4, -0.2) is 47.2 Å². The summed E-state index contributed by atoms with van der Waals surface area (Å²) < 4.78 is 32.2. The van der Waals surface area contributed by atoms with Crippen LogP contribution in [0.4, 0.5) is 5.69 Å². The first-order valence-corrected chi connectivity index (χ1v) is 9.03. The van der Waals surface area contributed by atoms with Crippen LogP contribution in [0.1, 0.15) is 18.4 Å². The Bertz CT molecular complexity index is 657. The van der Waals surface area contributed by atoms with Gasteiger partial charge in [-0.05, 0) is 37.5 Å². The third-order valence-electron chi connectivity index (χ3n) is 3.43. The molecule has 0 aromatic heterocycles. The number of aryl methyl sites for hydroxylation is 1. The molecule has 8 heteroatoms. The van der Waals surface area contributed by atoms with Crippen molar-refractivity contribution in [2.45, 2.75) is 30.7 Å². The van der Waals surface area contributed by atoms with Gasteiger partial charge >= 0.3 is 0 Å². The molecule has 0 radical (unpaired) electrons. The van der Waals surface area contributed by atoms with Gasteiger partial charge in [-0.15, -0.1) is 0 Å². The number of carbonyl (C=O) groups excluding carboxylic acids is 1. The highest BCUT2D eigenvalue weighted by Gasteiger charge is 2.29. The van der Waals surface area contributed by atoms with E-state index in [1.165, 1.54) is 6.07 Å². The lowest BCUT2D eigenvalue weighted by Gasteiger charge is -2.12. The van der Waals surface area contributed by atoms with Gasteiger partial charge in [0.1, 0.15) is 0 Å². The summed E-state index contributed by atoms with van der Waals surface area (Å²) in [7, 11) is -1.95. The number of methoxy groups -OCH3 is 1. The number of rotatable bonds is 9. The van der Waals surface area contributed by atoms with Crippen molar-refractivity contribution in [1.29, 1.82) is 0 Å². The second-order valence-electron chi connectivity index (χ2n) is 5.59. The lowest BCUT2D eigenvalue weighted by Crippen LogP contribution is -2.30. The molecule has 0 atom stereocenters. The zero-order valence-corrected chi connectivity index (χ0v) is 14.2. The fraction of sp³-hybridized carbons (Fsp3) is 0.533. The molecule has 0 heterocycles. The number of amides is 1. The molecule has 1 aromatic rings. The smallest absolute Gasteiger partial charge is 0.241 e. The fourth-order valence-electron chi connectivity index (χ4n) is 2.03. The van der Waals surface area contributed by atoms with Gasteiger partial charge in [0.2, 0.25) is 15.9 Å². The third-order valence-corrected chi connectivity index (χ3v) is 5.09. The molecule has 0 bridgehead atoms. The normalized spacial score (nSPS) is 14.7. The lowest BCUT2D eigenvalue weighted by molar-refractivity contribution is -0.115. The van der Waals surface area contributed by atoms with Gasteiger partial charge in [0.15, 0.2) is 0 Å². The minimum Gasteiger partial charge on any atom is -0.383 e. The van der Waals surface area contributed by atoms with Crippen LogP contribution in [0, 0.1) is 6.92 Å². The summed E-state index contributed by atoms with van der Waals surface area (Å²) >= 11 is 0. The van der Waals surface area contributed by atoms with Crippen molar-refractivity contribution in [3.05, 3.63) is 23.8 Å². The van der Waals surface area contributed by atoms with Crippen molar-refractivity contribution in [2.75, 3.05) is 32.1 Å². The van der Waals surface area contributed by atoms with Crippen molar-refractivity contribution in [3.8, 4) is 0 Å². The van der Waals surface area contributed by atoms with Crippen LogP contribution in [0.25, 0.3) is 0 Å². The van der Waals surface area contributed by atoms with Gasteiger partial charge in [0, 0.05) is 25.4 Å². The highest BCUT2D eigenvalue weighted by molar-refractivity contribution is 7.89. The van der Waals surface area contributed by atoms with Gasteiger partial charge in [-0.2, -0.15) is 0 Å². The number of sulfonamides is 1. The average Bonchev–Trinajstić information content (AvgIpc) is 3.29. The Morgan fingerprint density at radius 2 is 2.09 bits per heavy atom. The molecule has 1 aliphatic rings. The number of carbonyl (C=O) groups is 1. The van der Waals surface area contributed by atoms with Gasteiger partial charge in [0.05, 0.1) is 18.0 Å². The minimum absolute atomic E-state index is 0.0441. The van der Waals surface area contributed by atoms with Gasteiger partial charge in [-0.1, -0.05) is 6.07 Å². The number of benzene rings is 1. The van der Waals surface area contributed by atoms with E-state index in [0.717, 1.165) is 12.8 Å². The Labute approximate surface area is 136 Å². The molecular weight excluding hydrogens is 318 g/mol. The number of hydrogen-bond donors (Lipinski definition) is 3. The maximum absolute atomic E-state index is 12.3. The van der Waals surface area contributed by atoms with E-state index in [-0.39, 0.29) is 23.4 Å². The maximum atomic E-state index is 12.3. The molecule has 128 valence electrons. The first-order chi connectivity index (χ1) is 10.9. The highest BCUT2D eigenvalue weighted by atomic mass is 32.2. The van der Waals surface area contributed by atoms with Gasteiger partial charge in [-0.25, -0.2) is 13.1 Å². The maximum Gasteiger partial charge on any atom is 0.241 e. The van der Waals surface area contributed by atoms with Crippen LogP contribution < -0.4 is 15.4 Å². The standard InChI is InChI=1S/C15H23N3O4S/c1-11-3-4-13(17-15(19)10-16-7-8-22-2)9-14(11)23(20,21)18-12-5-6-12/h3-4,9,12,16,18H,5-8,10H2,1-2H3,(H,17,19). The van der Waals surface area contributed by atoms with Crippen LogP contribution in [-0.2, 0) is 19.6 Å². The van der Waals surface area contributed by atoms with Crippen molar-refractivity contribution >= 4 is 21.6 Å². The monoisotopic (exact) mass is 341 g/mol. The van der Waals surface area contributed by atoms with Crippen LogP contribution in [0.15, 0.2) is 23.1 Å². The first kappa shape index (κ1) is 17.9. The van der Waals surface area contributed by atoms with Crippen molar-refractivity contribution in [1.82, 2.24) is 10.0 Å². The Balaban J connectivity index is 2.00. The van der Waals surface area contributed by atoms with E-state index < -0.39 is 10.0 Å². The van der Waals surface area contributed by atoms with E-state index in [1.807, 2.05) is 0 Å². The predicted molar refractivity (Wildman–Crippen MR) is 87.9 cm³/mol. The van der Waals surface area contributed by atoms with E-state index >= 15 is 0 Å². The van der Waals surface area contributed by atoms with Crippen LogP contribution >= 0.6 is 0 Å². The molecule has 1 aromatic carbocycles. The van der Waals surface area contributed by atoms with Crippen molar-refractivity contribution < 1.29 is 17.9 Å². The summed E-state index contributed by atoms with van der Waals surface area (Å²) in [5.74, 6) is -0.233. The molecule has 2 rings (SSSR count).